The van der Waals surface area contributed by atoms with Crippen LogP contribution >= 0.6 is 0 Å². The van der Waals surface area contributed by atoms with Crippen molar-refractivity contribution in [3.05, 3.63) is 42.5 Å². The van der Waals surface area contributed by atoms with Gasteiger partial charge in [-0.05, 0) is 31.5 Å². The van der Waals surface area contributed by atoms with Gasteiger partial charge in [-0.2, -0.15) is 0 Å². The van der Waals surface area contributed by atoms with Crippen molar-refractivity contribution >= 4 is 11.6 Å². The fraction of sp³-hybridized carbons (Fsp3) is 0.357. The summed E-state index contributed by atoms with van der Waals surface area (Å²) in [7, 11) is 0. The topological polar surface area (TPSA) is 41.1 Å². The SMILES string of the molecule is C=CC(C)NC(C)c1cccc(NC(C)=O)c1. The summed E-state index contributed by atoms with van der Waals surface area (Å²) in [4.78, 5) is 11.0. The van der Waals surface area contributed by atoms with Crippen LogP contribution < -0.4 is 10.6 Å². The van der Waals surface area contributed by atoms with Crippen LogP contribution in [0.5, 0.6) is 0 Å². The van der Waals surface area contributed by atoms with E-state index in [2.05, 4.69) is 31.1 Å². The highest BCUT2D eigenvalue weighted by atomic mass is 16.1. The zero-order valence-corrected chi connectivity index (χ0v) is 10.7. The van der Waals surface area contributed by atoms with E-state index in [-0.39, 0.29) is 18.0 Å². The molecular formula is C14H20N2O. The van der Waals surface area contributed by atoms with Gasteiger partial charge in [0.15, 0.2) is 0 Å². The number of anilines is 1. The minimum absolute atomic E-state index is 0.0535. The Balaban J connectivity index is 2.76. The predicted octanol–water partition coefficient (Wildman–Crippen LogP) is 2.87. The molecule has 1 rings (SSSR count). The minimum atomic E-state index is -0.0535. The first-order valence-corrected chi connectivity index (χ1v) is 5.79. The first kappa shape index (κ1) is 13.5. The summed E-state index contributed by atoms with van der Waals surface area (Å²) in [6.45, 7) is 9.40. The highest BCUT2D eigenvalue weighted by Crippen LogP contribution is 2.17. The molecule has 0 aliphatic rings. The fourth-order valence-corrected chi connectivity index (χ4v) is 1.65. The second-order valence-corrected chi connectivity index (χ2v) is 4.22. The van der Waals surface area contributed by atoms with Gasteiger partial charge in [0.05, 0.1) is 0 Å². The normalized spacial score (nSPS) is 13.8. The third-order valence-electron chi connectivity index (χ3n) is 2.57. The van der Waals surface area contributed by atoms with Gasteiger partial charge in [-0.3, -0.25) is 4.79 Å². The Morgan fingerprint density at radius 1 is 1.41 bits per heavy atom. The molecule has 0 aliphatic heterocycles. The molecule has 3 heteroatoms. The van der Waals surface area contributed by atoms with E-state index < -0.39 is 0 Å². The minimum Gasteiger partial charge on any atom is -0.326 e. The van der Waals surface area contributed by atoms with Crippen LogP contribution in [0.2, 0.25) is 0 Å². The number of rotatable bonds is 5. The van der Waals surface area contributed by atoms with Crippen molar-refractivity contribution in [2.75, 3.05) is 5.32 Å². The van der Waals surface area contributed by atoms with Gasteiger partial charge in [0.25, 0.3) is 0 Å². The van der Waals surface area contributed by atoms with Crippen molar-refractivity contribution in [2.45, 2.75) is 32.9 Å². The lowest BCUT2D eigenvalue weighted by Gasteiger charge is -2.18. The second-order valence-electron chi connectivity index (χ2n) is 4.22. The van der Waals surface area contributed by atoms with E-state index in [1.54, 1.807) is 0 Å². The van der Waals surface area contributed by atoms with Crippen LogP contribution in [0.4, 0.5) is 5.69 Å². The largest absolute Gasteiger partial charge is 0.326 e. The van der Waals surface area contributed by atoms with Crippen molar-refractivity contribution in [1.29, 1.82) is 0 Å². The van der Waals surface area contributed by atoms with E-state index in [1.165, 1.54) is 6.92 Å². The summed E-state index contributed by atoms with van der Waals surface area (Å²) in [6.07, 6.45) is 1.87. The molecule has 0 aliphatic carbocycles. The lowest BCUT2D eigenvalue weighted by Crippen LogP contribution is -2.26. The second kappa shape index (κ2) is 6.21. The van der Waals surface area contributed by atoms with Crippen molar-refractivity contribution in [2.24, 2.45) is 0 Å². The van der Waals surface area contributed by atoms with Gasteiger partial charge >= 0.3 is 0 Å². The Hall–Kier alpha value is -1.61. The number of carbonyl (C=O) groups excluding carboxylic acids is 1. The monoisotopic (exact) mass is 232 g/mol. The number of carbonyl (C=O) groups is 1. The van der Waals surface area contributed by atoms with Crippen molar-refractivity contribution < 1.29 is 4.79 Å². The van der Waals surface area contributed by atoms with E-state index in [1.807, 2.05) is 30.3 Å². The third kappa shape index (κ3) is 4.41. The number of hydrogen-bond donors (Lipinski definition) is 2. The summed E-state index contributed by atoms with van der Waals surface area (Å²) >= 11 is 0. The summed E-state index contributed by atoms with van der Waals surface area (Å²) in [5, 5.41) is 6.18. The van der Waals surface area contributed by atoms with Crippen molar-refractivity contribution in [1.82, 2.24) is 5.32 Å². The number of benzene rings is 1. The molecule has 92 valence electrons. The Morgan fingerprint density at radius 3 is 2.71 bits per heavy atom. The van der Waals surface area contributed by atoms with E-state index >= 15 is 0 Å². The first-order chi connectivity index (χ1) is 8.02. The molecule has 0 saturated carbocycles. The van der Waals surface area contributed by atoms with Crippen LogP contribution in [0.15, 0.2) is 36.9 Å². The van der Waals surface area contributed by atoms with E-state index in [0.29, 0.717) is 0 Å². The highest BCUT2D eigenvalue weighted by molar-refractivity contribution is 5.88. The zero-order chi connectivity index (χ0) is 12.8. The molecule has 17 heavy (non-hydrogen) atoms. The van der Waals surface area contributed by atoms with E-state index in [4.69, 9.17) is 0 Å². The Kier molecular flexibility index (Phi) is 4.91. The van der Waals surface area contributed by atoms with Crippen LogP contribution in [-0.4, -0.2) is 11.9 Å². The molecule has 2 N–H and O–H groups in total. The summed E-state index contributed by atoms with van der Waals surface area (Å²) < 4.78 is 0. The van der Waals surface area contributed by atoms with Crippen LogP contribution in [0.3, 0.4) is 0 Å². The van der Waals surface area contributed by atoms with Crippen LogP contribution in [0.25, 0.3) is 0 Å². The average molecular weight is 232 g/mol. The third-order valence-corrected chi connectivity index (χ3v) is 2.57. The van der Waals surface area contributed by atoms with Crippen LogP contribution in [-0.2, 0) is 4.79 Å². The highest BCUT2D eigenvalue weighted by Gasteiger charge is 2.07. The van der Waals surface area contributed by atoms with Crippen LogP contribution in [0, 0.1) is 0 Å². The lowest BCUT2D eigenvalue weighted by atomic mass is 10.1. The number of nitrogens with one attached hydrogen (secondary N) is 2. The van der Waals surface area contributed by atoms with Gasteiger partial charge < -0.3 is 10.6 Å². The maximum Gasteiger partial charge on any atom is 0.221 e. The Labute approximate surface area is 103 Å². The van der Waals surface area contributed by atoms with Gasteiger partial charge in [-0.25, -0.2) is 0 Å². The molecule has 1 aromatic carbocycles. The predicted molar refractivity (Wildman–Crippen MR) is 72.0 cm³/mol. The molecule has 0 aromatic heterocycles. The number of hydrogen-bond acceptors (Lipinski definition) is 2. The maximum absolute atomic E-state index is 11.0. The van der Waals surface area contributed by atoms with Crippen LogP contribution in [0.1, 0.15) is 32.4 Å². The lowest BCUT2D eigenvalue weighted by molar-refractivity contribution is -0.114. The molecular weight excluding hydrogens is 212 g/mol. The summed E-state index contributed by atoms with van der Waals surface area (Å²) in [5.41, 5.74) is 1.97. The molecule has 2 unspecified atom stereocenters. The van der Waals surface area contributed by atoms with Gasteiger partial charge in [0.1, 0.15) is 0 Å². The molecule has 0 spiro atoms. The van der Waals surface area contributed by atoms with Gasteiger partial charge in [0, 0.05) is 24.7 Å². The van der Waals surface area contributed by atoms with Crippen molar-refractivity contribution in [3.8, 4) is 0 Å². The smallest absolute Gasteiger partial charge is 0.221 e. The molecule has 0 heterocycles. The van der Waals surface area contributed by atoms with E-state index in [9.17, 15) is 4.79 Å². The fourth-order valence-electron chi connectivity index (χ4n) is 1.65. The number of amides is 1. The molecule has 0 bridgehead atoms. The van der Waals surface area contributed by atoms with Crippen molar-refractivity contribution in [3.63, 3.8) is 0 Å². The van der Waals surface area contributed by atoms with Gasteiger partial charge in [-0.1, -0.05) is 18.2 Å². The standard InChI is InChI=1S/C14H20N2O/c1-5-10(2)15-11(3)13-7-6-8-14(9-13)16-12(4)17/h5-11,15H,1H2,2-4H3,(H,16,17). The quantitative estimate of drug-likeness (QED) is 0.766. The Bertz CT molecular complexity index is 401. The van der Waals surface area contributed by atoms with Gasteiger partial charge in [0.2, 0.25) is 5.91 Å². The molecule has 1 amide bonds. The summed E-state index contributed by atoms with van der Waals surface area (Å²) in [5.74, 6) is -0.0535. The summed E-state index contributed by atoms with van der Waals surface area (Å²) in [6, 6.07) is 8.32. The first-order valence-electron chi connectivity index (χ1n) is 5.79. The molecule has 0 fully saturated rings. The molecule has 0 radical (unpaired) electrons. The van der Waals surface area contributed by atoms with E-state index in [0.717, 1.165) is 11.3 Å². The average Bonchev–Trinajstić information content (AvgIpc) is 2.28. The molecule has 1 aromatic rings. The Morgan fingerprint density at radius 2 is 2.12 bits per heavy atom. The van der Waals surface area contributed by atoms with Gasteiger partial charge in [-0.15, -0.1) is 6.58 Å². The molecule has 3 nitrogen and oxygen atoms in total. The maximum atomic E-state index is 11.0. The molecule has 2 atom stereocenters. The zero-order valence-electron chi connectivity index (χ0n) is 10.7. The molecule has 0 saturated heterocycles.